The summed E-state index contributed by atoms with van der Waals surface area (Å²) < 4.78 is 5.48. The Morgan fingerprint density at radius 1 is 1.59 bits per heavy atom. The van der Waals surface area contributed by atoms with E-state index in [1.165, 1.54) is 6.20 Å². The molecule has 1 saturated heterocycles. The first-order chi connectivity index (χ1) is 8.16. The van der Waals surface area contributed by atoms with Gasteiger partial charge in [-0.1, -0.05) is 6.92 Å². The minimum Gasteiger partial charge on any atom is -0.365 e. The van der Waals surface area contributed by atoms with E-state index in [9.17, 15) is 10.1 Å². The molecule has 1 fully saturated rings. The van der Waals surface area contributed by atoms with E-state index in [0.717, 1.165) is 12.0 Å². The van der Waals surface area contributed by atoms with Gasteiger partial charge in [0, 0.05) is 6.20 Å². The lowest BCUT2D eigenvalue weighted by Gasteiger charge is -2.15. The summed E-state index contributed by atoms with van der Waals surface area (Å²) in [6.45, 7) is 2.12. The maximum absolute atomic E-state index is 10.9. The van der Waals surface area contributed by atoms with Crippen LogP contribution in [-0.2, 0) is 4.74 Å². The SMILES string of the molecule is C[C@H]1CC(c2ccncc2[N+](=O)[O-])=C[C@@H]2OC21. The number of allylic oxidation sites excluding steroid dienone is 1. The first kappa shape index (κ1) is 10.4. The number of pyridine rings is 1. The normalized spacial score (nSPS) is 30.4. The number of rotatable bonds is 2. The van der Waals surface area contributed by atoms with Crippen LogP contribution in [0.5, 0.6) is 0 Å². The van der Waals surface area contributed by atoms with Crippen molar-refractivity contribution in [1.29, 1.82) is 0 Å². The van der Waals surface area contributed by atoms with Gasteiger partial charge in [-0.05, 0) is 30.1 Å². The molecule has 0 aromatic carbocycles. The van der Waals surface area contributed by atoms with E-state index in [2.05, 4.69) is 11.9 Å². The standard InChI is InChI=1S/C12H12N2O3/c1-7-4-8(5-11-12(7)17-11)9-2-3-13-6-10(9)14(15)16/h2-3,5-7,11-12H,4H2,1H3/t7-,11-,12?/m0/s1. The average molecular weight is 232 g/mol. The van der Waals surface area contributed by atoms with E-state index in [-0.39, 0.29) is 16.7 Å². The zero-order valence-corrected chi connectivity index (χ0v) is 9.37. The van der Waals surface area contributed by atoms with Gasteiger partial charge in [0.2, 0.25) is 0 Å². The fourth-order valence-corrected chi connectivity index (χ4v) is 2.46. The molecule has 3 atom stereocenters. The Labute approximate surface area is 98.3 Å². The van der Waals surface area contributed by atoms with Crippen LogP contribution in [0.15, 0.2) is 24.5 Å². The summed E-state index contributed by atoms with van der Waals surface area (Å²) in [5.74, 6) is 0.424. The van der Waals surface area contributed by atoms with Gasteiger partial charge in [0.05, 0.1) is 16.6 Å². The number of nitrogens with zero attached hydrogens (tertiary/aromatic N) is 2. The summed E-state index contributed by atoms with van der Waals surface area (Å²) in [6.07, 6.45) is 6.20. The number of ether oxygens (including phenoxy) is 1. The summed E-state index contributed by atoms with van der Waals surface area (Å²) in [5.41, 5.74) is 1.75. The van der Waals surface area contributed by atoms with Crippen molar-refractivity contribution in [3.05, 3.63) is 40.2 Å². The van der Waals surface area contributed by atoms with Gasteiger partial charge in [-0.25, -0.2) is 0 Å². The lowest BCUT2D eigenvalue weighted by atomic mass is 9.86. The average Bonchev–Trinajstić information content (AvgIpc) is 3.08. The van der Waals surface area contributed by atoms with E-state index in [0.29, 0.717) is 17.6 Å². The Morgan fingerprint density at radius 2 is 2.41 bits per heavy atom. The highest BCUT2D eigenvalue weighted by molar-refractivity contribution is 5.74. The van der Waals surface area contributed by atoms with Crippen molar-refractivity contribution in [2.24, 2.45) is 5.92 Å². The number of hydrogen-bond donors (Lipinski definition) is 0. The Hall–Kier alpha value is -1.75. The number of aromatic nitrogens is 1. The Kier molecular flexibility index (Phi) is 2.22. The molecule has 17 heavy (non-hydrogen) atoms. The summed E-state index contributed by atoms with van der Waals surface area (Å²) >= 11 is 0. The van der Waals surface area contributed by atoms with Crippen LogP contribution in [-0.4, -0.2) is 22.1 Å². The van der Waals surface area contributed by atoms with Gasteiger partial charge in [-0.3, -0.25) is 15.1 Å². The number of fused-ring (bicyclic) bond motifs is 1. The van der Waals surface area contributed by atoms with Crippen molar-refractivity contribution < 1.29 is 9.66 Å². The van der Waals surface area contributed by atoms with Gasteiger partial charge in [0.25, 0.3) is 5.69 Å². The van der Waals surface area contributed by atoms with Crippen LogP contribution in [0, 0.1) is 16.0 Å². The van der Waals surface area contributed by atoms with Crippen molar-refractivity contribution in [2.45, 2.75) is 25.6 Å². The molecule has 5 heteroatoms. The van der Waals surface area contributed by atoms with Gasteiger partial charge in [-0.15, -0.1) is 0 Å². The zero-order valence-electron chi connectivity index (χ0n) is 9.37. The van der Waals surface area contributed by atoms with Gasteiger partial charge < -0.3 is 4.74 Å². The monoisotopic (exact) mass is 232 g/mol. The minimum absolute atomic E-state index is 0.0741. The largest absolute Gasteiger partial charge is 0.365 e. The minimum atomic E-state index is -0.381. The molecule has 0 radical (unpaired) electrons. The van der Waals surface area contributed by atoms with Gasteiger partial charge in [0.1, 0.15) is 12.3 Å². The van der Waals surface area contributed by atoms with Gasteiger partial charge >= 0.3 is 0 Å². The smallest absolute Gasteiger partial charge is 0.294 e. The fraction of sp³-hybridized carbons (Fsp3) is 0.417. The predicted octanol–water partition coefficient (Wildman–Crippen LogP) is 2.18. The second kappa shape index (κ2) is 3.63. The molecular weight excluding hydrogens is 220 g/mol. The van der Waals surface area contributed by atoms with E-state index >= 15 is 0 Å². The van der Waals surface area contributed by atoms with E-state index in [1.54, 1.807) is 12.3 Å². The van der Waals surface area contributed by atoms with Crippen molar-refractivity contribution in [1.82, 2.24) is 4.98 Å². The van der Waals surface area contributed by atoms with Crippen LogP contribution in [0.3, 0.4) is 0 Å². The van der Waals surface area contributed by atoms with Gasteiger partial charge in [-0.2, -0.15) is 0 Å². The summed E-state index contributed by atoms with van der Waals surface area (Å²) in [4.78, 5) is 14.4. The maximum atomic E-state index is 10.9. The van der Waals surface area contributed by atoms with E-state index in [4.69, 9.17) is 4.74 Å². The topological polar surface area (TPSA) is 68.6 Å². The van der Waals surface area contributed by atoms with Crippen molar-refractivity contribution in [2.75, 3.05) is 0 Å². The van der Waals surface area contributed by atoms with Crippen molar-refractivity contribution >= 4 is 11.3 Å². The van der Waals surface area contributed by atoms with E-state index in [1.807, 2.05) is 6.08 Å². The predicted molar refractivity (Wildman–Crippen MR) is 61.3 cm³/mol. The van der Waals surface area contributed by atoms with E-state index < -0.39 is 0 Å². The second-order valence-corrected chi connectivity index (χ2v) is 4.59. The molecule has 0 amide bonds. The molecule has 0 saturated carbocycles. The lowest BCUT2D eigenvalue weighted by Crippen LogP contribution is -2.12. The Balaban J connectivity index is 2.02. The zero-order chi connectivity index (χ0) is 12.0. The van der Waals surface area contributed by atoms with Crippen LogP contribution in [0.4, 0.5) is 5.69 Å². The second-order valence-electron chi connectivity index (χ2n) is 4.59. The molecule has 5 nitrogen and oxygen atoms in total. The first-order valence-electron chi connectivity index (χ1n) is 5.62. The third kappa shape index (κ3) is 1.72. The highest BCUT2D eigenvalue weighted by atomic mass is 16.6. The number of nitro groups is 1. The van der Waals surface area contributed by atoms with Crippen LogP contribution < -0.4 is 0 Å². The van der Waals surface area contributed by atoms with Crippen LogP contribution in [0.1, 0.15) is 18.9 Å². The molecule has 88 valence electrons. The molecule has 0 spiro atoms. The Morgan fingerprint density at radius 3 is 3.12 bits per heavy atom. The molecule has 1 unspecified atom stereocenters. The Bertz CT molecular complexity index is 512. The lowest BCUT2D eigenvalue weighted by molar-refractivity contribution is -0.385. The van der Waals surface area contributed by atoms with Crippen molar-refractivity contribution in [3.63, 3.8) is 0 Å². The van der Waals surface area contributed by atoms with Crippen LogP contribution >= 0.6 is 0 Å². The number of epoxide rings is 1. The highest BCUT2D eigenvalue weighted by Gasteiger charge is 2.45. The third-order valence-electron chi connectivity index (χ3n) is 3.37. The molecule has 1 aromatic heterocycles. The molecule has 0 N–H and O–H groups in total. The summed E-state index contributed by atoms with van der Waals surface area (Å²) in [5, 5.41) is 10.9. The van der Waals surface area contributed by atoms with Crippen LogP contribution in [0.25, 0.3) is 5.57 Å². The van der Waals surface area contributed by atoms with Crippen molar-refractivity contribution in [3.8, 4) is 0 Å². The van der Waals surface area contributed by atoms with Crippen LogP contribution in [0.2, 0.25) is 0 Å². The highest BCUT2D eigenvalue weighted by Crippen LogP contribution is 2.43. The molecule has 3 rings (SSSR count). The molecule has 0 bridgehead atoms. The van der Waals surface area contributed by atoms with Gasteiger partial charge in [0.15, 0.2) is 0 Å². The first-order valence-corrected chi connectivity index (χ1v) is 5.62. The molecule has 1 aliphatic heterocycles. The quantitative estimate of drug-likeness (QED) is 0.445. The summed E-state index contributed by atoms with van der Waals surface area (Å²) in [7, 11) is 0. The third-order valence-corrected chi connectivity index (χ3v) is 3.37. The molecule has 1 aliphatic carbocycles. The molecule has 2 aliphatic rings. The molecule has 2 heterocycles. The maximum Gasteiger partial charge on any atom is 0.294 e. The fourth-order valence-electron chi connectivity index (χ4n) is 2.46. The molecular formula is C12H12N2O3. The molecule has 1 aromatic rings. The number of hydrogen-bond acceptors (Lipinski definition) is 4. The summed E-state index contributed by atoms with van der Waals surface area (Å²) in [6, 6.07) is 1.71.